The molecule has 27 heavy (non-hydrogen) atoms. The molecule has 1 aromatic carbocycles. The zero-order valence-electron chi connectivity index (χ0n) is 15.2. The first-order chi connectivity index (χ1) is 13.1. The number of ether oxygens (including phenoxy) is 1. The van der Waals surface area contributed by atoms with Crippen LogP contribution in [0.25, 0.3) is 10.9 Å². The molecule has 2 fully saturated rings. The molecule has 2 aliphatic rings. The first-order valence-electron chi connectivity index (χ1n) is 9.18. The maximum atomic E-state index is 12.9. The Labute approximate surface area is 162 Å². The number of aromatic nitrogens is 2. The summed E-state index contributed by atoms with van der Waals surface area (Å²) in [5.74, 6) is 1.76. The van der Waals surface area contributed by atoms with Crippen molar-refractivity contribution in [3.05, 3.63) is 60.4 Å². The Hall–Kier alpha value is -2.47. The minimum Gasteiger partial charge on any atom is -0.473 e. The summed E-state index contributed by atoms with van der Waals surface area (Å²) in [5, 5.41) is 1.11. The van der Waals surface area contributed by atoms with E-state index in [-0.39, 0.29) is 16.8 Å². The summed E-state index contributed by atoms with van der Waals surface area (Å²) < 4.78 is 8.21. The SMILES string of the molecule is Cn1ccc2cc(C(=O)N3CC4(C[C@H](Oc5ccccn5)CS4)C3)ccc21. The van der Waals surface area contributed by atoms with E-state index in [2.05, 4.69) is 15.6 Å². The van der Waals surface area contributed by atoms with Crippen molar-refractivity contribution in [3.63, 3.8) is 0 Å². The van der Waals surface area contributed by atoms with E-state index in [0.29, 0.717) is 5.88 Å². The van der Waals surface area contributed by atoms with Crippen LogP contribution in [0.1, 0.15) is 16.8 Å². The summed E-state index contributed by atoms with van der Waals surface area (Å²) in [4.78, 5) is 19.1. The first kappa shape index (κ1) is 16.7. The molecule has 3 aromatic rings. The van der Waals surface area contributed by atoms with Gasteiger partial charge in [-0.25, -0.2) is 4.98 Å². The number of amides is 1. The highest BCUT2D eigenvalue weighted by Crippen LogP contribution is 2.46. The summed E-state index contributed by atoms with van der Waals surface area (Å²) in [6.45, 7) is 1.59. The number of carbonyl (C=O) groups excluding carboxylic acids is 1. The molecule has 138 valence electrons. The highest BCUT2D eigenvalue weighted by atomic mass is 32.2. The predicted molar refractivity (Wildman–Crippen MR) is 107 cm³/mol. The molecule has 6 heteroatoms. The van der Waals surface area contributed by atoms with Gasteiger partial charge in [-0.3, -0.25) is 4.79 Å². The topological polar surface area (TPSA) is 47.4 Å². The third kappa shape index (κ3) is 2.98. The number of benzene rings is 1. The van der Waals surface area contributed by atoms with Gasteiger partial charge in [0, 0.05) is 67.2 Å². The Morgan fingerprint density at radius 2 is 2.15 bits per heavy atom. The molecular formula is C21H21N3O2S. The number of hydrogen-bond donors (Lipinski definition) is 0. The normalized spacial score (nSPS) is 20.8. The lowest BCUT2D eigenvalue weighted by Gasteiger charge is -2.47. The molecule has 2 aromatic heterocycles. The van der Waals surface area contributed by atoms with Gasteiger partial charge < -0.3 is 14.2 Å². The second-order valence-corrected chi connectivity index (χ2v) is 8.96. The molecule has 4 heterocycles. The average molecular weight is 379 g/mol. The lowest BCUT2D eigenvalue weighted by atomic mass is 9.92. The first-order valence-corrected chi connectivity index (χ1v) is 10.2. The monoisotopic (exact) mass is 379 g/mol. The summed E-state index contributed by atoms with van der Waals surface area (Å²) in [6.07, 6.45) is 4.91. The summed E-state index contributed by atoms with van der Waals surface area (Å²) in [7, 11) is 2.02. The molecule has 1 amide bonds. The fourth-order valence-corrected chi connectivity index (χ4v) is 5.60. The Morgan fingerprint density at radius 3 is 2.96 bits per heavy atom. The fourth-order valence-electron chi connectivity index (χ4n) is 4.08. The van der Waals surface area contributed by atoms with Crippen LogP contribution in [0.2, 0.25) is 0 Å². The Balaban J connectivity index is 1.22. The lowest BCUT2D eigenvalue weighted by Crippen LogP contribution is -2.60. The van der Waals surface area contributed by atoms with Crippen LogP contribution in [-0.4, -0.2) is 50.1 Å². The van der Waals surface area contributed by atoms with E-state index in [1.807, 2.05) is 66.3 Å². The Kier molecular flexibility index (Phi) is 3.90. The van der Waals surface area contributed by atoms with Crippen molar-refractivity contribution in [1.29, 1.82) is 0 Å². The molecule has 0 radical (unpaired) electrons. The Bertz CT molecular complexity index is 995. The molecule has 2 aliphatic heterocycles. The van der Waals surface area contributed by atoms with Crippen molar-refractivity contribution < 1.29 is 9.53 Å². The van der Waals surface area contributed by atoms with Crippen molar-refractivity contribution in [2.24, 2.45) is 7.05 Å². The summed E-state index contributed by atoms with van der Waals surface area (Å²) in [6, 6.07) is 13.7. The molecule has 1 spiro atoms. The minimum atomic E-state index is 0.126. The second kappa shape index (κ2) is 6.30. The third-order valence-electron chi connectivity index (χ3n) is 5.48. The van der Waals surface area contributed by atoms with E-state index in [9.17, 15) is 4.79 Å². The molecule has 2 saturated heterocycles. The van der Waals surface area contributed by atoms with Gasteiger partial charge in [-0.1, -0.05) is 6.07 Å². The van der Waals surface area contributed by atoms with Gasteiger partial charge in [-0.2, -0.15) is 0 Å². The van der Waals surface area contributed by atoms with E-state index < -0.39 is 0 Å². The standard InChI is InChI=1S/C21H21N3O2S/c1-23-9-7-15-10-16(5-6-18(15)23)20(25)24-13-21(14-24)11-17(12-27-21)26-19-4-2-3-8-22-19/h2-10,17H,11-14H2,1H3/t17-/m0/s1. The van der Waals surface area contributed by atoms with Crippen LogP contribution in [0, 0.1) is 0 Å². The highest BCUT2D eigenvalue weighted by molar-refractivity contribution is 8.01. The van der Waals surface area contributed by atoms with Crippen molar-refractivity contribution in [2.45, 2.75) is 17.3 Å². The maximum absolute atomic E-state index is 12.9. The Morgan fingerprint density at radius 1 is 1.26 bits per heavy atom. The van der Waals surface area contributed by atoms with Gasteiger partial charge in [0.25, 0.3) is 5.91 Å². The van der Waals surface area contributed by atoms with Crippen molar-refractivity contribution in [3.8, 4) is 5.88 Å². The number of fused-ring (bicyclic) bond motifs is 1. The molecule has 0 aliphatic carbocycles. The van der Waals surface area contributed by atoms with Crippen LogP contribution >= 0.6 is 11.8 Å². The number of aryl methyl sites for hydroxylation is 1. The number of nitrogens with zero attached hydrogens (tertiary/aromatic N) is 3. The molecule has 0 bridgehead atoms. The highest BCUT2D eigenvalue weighted by Gasteiger charge is 2.51. The van der Waals surface area contributed by atoms with Crippen LogP contribution in [0.5, 0.6) is 5.88 Å². The van der Waals surface area contributed by atoms with Crippen molar-refractivity contribution in [1.82, 2.24) is 14.5 Å². The third-order valence-corrected chi connectivity index (χ3v) is 7.05. The van der Waals surface area contributed by atoms with Gasteiger partial charge in [0.15, 0.2) is 0 Å². The maximum Gasteiger partial charge on any atom is 0.253 e. The van der Waals surface area contributed by atoms with Gasteiger partial charge in [0.1, 0.15) is 6.10 Å². The van der Waals surface area contributed by atoms with Crippen LogP contribution in [-0.2, 0) is 7.05 Å². The minimum absolute atomic E-state index is 0.126. The molecule has 0 unspecified atom stereocenters. The molecular weight excluding hydrogens is 358 g/mol. The predicted octanol–water partition coefficient (Wildman–Crippen LogP) is 3.35. The molecule has 1 atom stereocenters. The molecule has 5 rings (SSSR count). The summed E-state index contributed by atoms with van der Waals surface area (Å²) in [5.41, 5.74) is 1.92. The van der Waals surface area contributed by atoms with Crippen LogP contribution < -0.4 is 4.74 Å². The quantitative estimate of drug-likeness (QED) is 0.700. The van der Waals surface area contributed by atoms with Gasteiger partial charge in [0.05, 0.1) is 4.75 Å². The number of pyridine rings is 1. The van der Waals surface area contributed by atoms with Crippen LogP contribution in [0.4, 0.5) is 0 Å². The fraction of sp³-hybridized carbons (Fsp3) is 0.333. The van der Waals surface area contributed by atoms with Gasteiger partial charge >= 0.3 is 0 Å². The average Bonchev–Trinajstić information content (AvgIpc) is 3.25. The molecule has 0 saturated carbocycles. The van der Waals surface area contributed by atoms with E-state index in [1.165, 1.54) is 0 Å². The zero-order chi connectivity index (χ0) is 18.4. The lowest BCUT2D eigenvalue weighted by molar-refractivity contribution is 0.0516. The van der Waals surface area contributed by atoms with Crippen LogP contribution in [0.15, 0.2) is 54.9 Å². The molecule has 5 nitrogen and oxygen atoms in total. The largest absolute Gasteiger partial charge is 0.473 e. The number of thioether (sulfide) groups is 1. The van der Waals surface area contributed by atoms with Crippen LogP contribution in [0.3, 0.4) is 0 Å². The zero-order valence-corrected chi connectivity index (χ0v) is 16.0. The number of rotatable bonds is 3. The van der Waals surface area contributed by atoms with E-state index in [1.54, 1.807) is 6.20 Å². The molecule has 0 N–H and O–H groups in total. The number of likely N-dealkylation sites (tertiary alicyclic amines) is 1. The van der Waals surface area contributed by atoms with E-state index >= 15 is 0 Å². The van der Waals surface area contributed by atoms with Crippen molar-refractivity contribution in [2.75, 3.05) is 18.8 Å². The van der Waals surface area contributed by atoms with Gasteiger partial charge in [0.2, 0.25) is 5.88 Å². The number of carbonyl (C=O) groups is 1. The summed E-state index contributed by atoms with van der Waals surface area (Å²) >= 11 is 1.93. The van der Waals surface area contributed by atoms with Gasteiger partial charge in [-0.05, 0) is 30.3 Å². The number of hydrogen-bond acceptors (Lipinski definition) is 4. The van der Waals surface area contributed by atoms with Crippen molar-refractivity contribution >= 4 is 28.6 Å². The van der Waals surface area contributed by atoms with Gasteiger partial charge in [-0.15, -0.1) is 11.8 Å². The smallest absolute Gasteiger partial charge is 0.253 e. The van der Waals surface area contributed by atoms with E-state index in [0.717, 1.165) is 41.7 Å². The second-order valence-electron chi connectivity index (χ2n) is 7.47. The van der Waals surface area contributed by atoms with E-state index in [4.69, 9.17) is 4.74 Å².